The van der Waals surface area contributed by atoms with Crippen molar-refractivity contribution >= 4 is 32.3 Å². The lowest BCUT2D eigenvalue weighted by atomic mass is 9.91. The molecular formula is C32H25NO5S. The minimum Gasteiger partial charge on any atom is -0.489 e. The van der Waals surface area contributed by atoms with Crippen molar-refractivity contribution in [2.24, 2.45) is 0 Å². The van der Waals surface area contributed by atoms with Crippen LogP contribution in [0.15, 0.2) is 123 Å². The van der Waals surface area contributed by atoms with Gasteiger partial charge in [0.2, 0.25) is 0 Å². The molecule has 1 aliphatic heterocycles. The number of aryl methyl sites for hydroxylation is 1. The van der Waals surface area contributed by atoms with Gasteiger partial charge in [0.25, 0.3) is 10.0 Å². The molecule has 0 saturated heterocycles. The van der Waals surface area contributed by atoms with E-state index in [2.05, 4.69) is 0 Å². The third-order valence-electron chi connectivity index (χ3n) is 6.80. The smallest absolute Gasteiger partial charge is 0.336 e. The maximum absolute atomic E-state index is 13.7. The highest BCUT2D eigenvalue weighted by Crippen LogP contribution is 2.42. The zero-order valence-electron chi connectivity index (χ0n) is 21.2. The van der Waals surface area contributed by atoms with Gasteiger partial charge in [-0.15, -0.1) is 0 Å². The lowest BCUT2D eigenvalue weighted by Crippen LogP contribution is -2.34. The number of fused-ring (bicyclic) bond motifs is 3. The van der Waals surface area contributed by atoms with Crippen molar-refractivity contribution in [1.82, 2.24) is 0 Å². The van der Waals surface area contributed by atoms with Gasteiger partial charge in [0.15, 0.2) is 0 Å². The molecule has 5 aromatic rings. The quantitative estimate of drug-likeness (QED) is 0.238. The Morgan fingerprint density at radius 2 is 1.59 bits per heavy atom. The van der Waals surface area contributed by atoms with E-state index in [1.54, 1.807) is 42.5 Å². The van der Waals surface area contributed by atoms with Gasteiger partial charge in [0.1, 0.15) is 17.9 Å². The van der Waals surface area contributed by atoms with Gasteiger partial charge in [-0.2, -0.15) is 0 Å². The highest BCUT2D eigenvalue weighted by Gasteiger charge is 2.31. The maximum atomic E-state index is 13.7. The van der Waals surface area contributed by atoms with Crippen molar-refractivity contribution < 1.29 is 17.6 Å². The summed E-state index contributed by atoms with van der Waals surface area (Å²) < 4.78 is 40.3. The molecular weight excluding hydrogens is 510 g/mol. The average Bonchev–Trinajstić information content (AvgIpc) is 2.96. The zero-order chi connectivity index (χ0) is 27.0. The van der Waals surface area contributed by atoms with Crippen LogP contribution in [0.3, 0.4) is 0 Å². The van der Waals surface area contributed by atoms with Crippen LogP contribution in [0.2, 0.25) is 0 Å². The van der Waals surface area contributed by atoms with Gasteiger partial charge < -0.3 is 9.15 Å². The summed E-state index contributed by atoms with van der Waals surface area (Å²) in [4.78, 5) is 12.2. The summed E-state index contributed by atoms with van der Waals surface area (Å²) in [5, 5.41) is 0.659. The summed E-state index contributed by atoms with van der Waals surface area (Å²) >= 11 is 0. The van der Waals surface area contributed by atoms with Crippen LogP contribution in [0, 0.1) is 6.92 Å². The van der Waals surface area contributed by atoms with Crippen LogP contribution in [-0.4, -0.2) is 15.0 Å². The molecule has 39 heavy (non-hydrogen) atoms. The van der Waals surface area contributed by atoms with E-state index in [-0.39, 0.29) is 11.4 Å². The molecule has 0 bridgehead atoms. The molecule has 2 heterocycles. The van der Waals surface area contributed by atoms with Gasteiger partial charge in [-0.1, -0.05) is 66.2 Å². The standard InChI is InChI=1S/C32H25NO5S/c1-22-7-13-26(14-8-22)39(35,36)33-20-19-27(32-28-15-18-31(34)38-30(28)17-16-29(32)33)24-9-11-25(12-10-24)37-21-23-5-3-2-4-6-23/h2-19H,20-21H2,1H3. The van der Waals surface area contributed by atoms with E-state index in [4.69, 9.17) is 9.15 Å². The van der Waals surface area contributed by atoms with Crippen LogP contribution < -0.4 is 14.7 Å². The molecule has 1 aliphatic rings. The second-order valence-electron chi connectivity index (χ2n) is 9.39. The number of benzene rings is 4. The van der Waals surface area contributed by atoms with Gasteiger partial charge in [-0.25, -0.2) is 13.2 Å². The Morgan fingerprint density at radius 3 is 2.33 bits per heavy atom. The van der Waals surface area contributed by atoms with Crippen LogP contribution in [0.4, 0.5) is 5.69 Å². The lowest BCUT2D eigenvalue weighted by Gasteiger charge is -2.31. The maximum Gasteiger partial charge on any atom is 0.336 e. The molecule has 6 nitrogen and oxygen atoms in total. The van der Waals surface area contributed by atoms with E-state index in [0.717, 1.165) is 28.0 Å². The summed E-state index contributed by atoms with van der Waals surface area (Å²) in [6.07, 6.45) is 1.90. The van der Waals surface area contributed by atoms with E-state index < -0.39 is 15.6 Å². The number of anilines is 1. The first kappa shape index (κ1) is 24.7. The Bertz CT molecular complexity index is 1860. The lowest BCUT2D eigenvalue weighted by molar-refractivity contribution is 0.306. The fourth-order valence-electron chi connectivity index (χ4n) is 4.80. The zero-order valence-corrected chi connectivity index (χ0v) is 22.0. The molecule has 0 amide bonds. The van der Waals surface area contributed by atoms with E-state index >= 15 is 0 Å². The molecule has 0 atom stereocenters. The Balaban J connectivity index is 1.41. The van der Waals surface area contributed by atoms with Gasteiger partial charge in [0, 0.05) is 17.0 Å². The highest BCUT2D eigenvalue weighted by molar-refractivity contribution is 7.92. The molecule has 0 saturated carbocycles. The molecule has 0 aliphatic carbocycles. The monoisotopic (exact) mass is 535 g/mol. The summed E-state index contributed by atoms with van der Waals surface area (Å²) in [7, 11) is -3.84. The number of rotatable bonds is 6. The predicted octanol–water partition coefficient (Wildman–Crippen LogP) is 6.32. The molecule has 4 aromatic carbocycles. The number of nitrogens with zero attached hydrogens (tertiary/aromatic N) is 1. The van der Waals surface area contributed by atoms with Gasteiger partial charge in [-0.3, -0.25) is 4.31 Å². The molecule has 6 rings (SSSR count). The second kappa shape index (κ2) is 9.93. The normalized spacial score (nSPS) is 13.2. The third kappa shape index (κ3) is 4.73. The van der Waals surface area contributed by atoms with Crippen molar-refractivity contribution in [3.63, 3.8) is 0 Å². The molecule has 0 N–H and O–H groups in total. The predicted molar refractivity (Wildman–Crippen MR) is 152 cm³/mol. The molecule has 1 aromatic heterocycles. The van der Waals surface area contributed by atoms with E-state index in [1.807, 2.05) is 67.6 Å². The molecule has 194 valence electrons. The average molecular weight is 536 g/mol. The first-order chi connectivity index (χ1) is 18.9. The SMILES string of the molecule is Cc1ccc(S(=O)(=O)N2CC=C(c3ccc(OCc4ccccc4)cc3)c3c2ccc2oc(=O)ccc32)cc1. The fraction of sp³-hybridized carbons (Fsp3) is 0.0938. The minimum atomic E-state index is -3.84. The van der Waals surface area contributed by atoms with Gasteiger partial charge >= 0.3 is 5.63 Å². The van der Waals surface area contributed by atoms with Crippen LogP contribution in [0.5, 0.6) is 5.75 Å². The largest absolute Gasteiger partial charge is 0.489 e. The van der Waals surface area contributed by atoms with Crippen LogP contribution in [0.1, 0.15) is 22.3 Å². The number of ether oxygens (including phenoxy) is 1. The minimum absolute atomic E-state index is 0.160. The third-order valence-corrected chi connectivity index (χ3v) is 8.60. The summed E-state index contributed by atoms with van der Waals surface area (Å²) in [6, 6.07) is 30.9. The van der Waals surface area contributed by atoms with Crippen molar-refractivity contribution in [2.45, 2.75) is 18.4 Å². The topological polar surface area (TPSA) is 76.8 Å². The van der Waals surface area contributed by atoms with Gasteiger partial charge in [0.05, 0.1) is 17.1 Å². The Morgan fingerprint density at radius 1 is 0.846 bits per heavy atom. The fourth-order valence-corrected chi connectivity index (χ4v) is 6.22. The Hall–Kier alpha value is -4.62. The van der Waals surface area contributed by atoms with E-state index in [0.29, 0.717) is 28.8 Å². The number of hydrogen-bond acceptors (Lipinski definition) is 5. The molecule has 0 radical (unpaired) electrons. The van der Waals surface area contributed by atoms with Crippen molar-refractivity contribution in [1.29, 1.82) is 0 Å². The summed E-state index contributed by atoms with van der Waals surface area (Å²) in [5.41, 5.74) is 4.96. The summed E-state index contributed by atoms with van der Waals surface area (Å²) in [6.45, 7) is 2.54. The van der Waals surface area contributed by atoms with Crippen LogP contribution in [0.25, 0.3) is 16.5 Å². The first-order valence-electron chi connectivity index (χ1n) is 12.5. The van der Waals surface area contributed by atoms with E-state index in [1.165, 1.54) is 10.4 Å². The Labute approximate surface area is 226 Å². The Kier molecular flexibility index (Phi) is 6.29. The molecule has 0 spiro atoms. The molecule has 0 unspecified atom stereocenters. The number of sulfonamides is 1. The van der Waals surface area contributed by atoms with Crippen LogP contribution >= 0.6 is 0 Å². The first-order valence-corrected chi connectivity index (χ1v) is 14.0. The summed E-state index contributed by atoms with van der Waals surface area (Å²) in [5.74, 6) is 0.728. The van der Waals surface area contributed by atoms with Crippen molar-refractivity contribution in [2.75, 3.05) is 10.8 Å². The molecule has 7 heteroatoms. The van der Waals surface area contributed by atoms with Crippen LogP contribution in [-0.2, 0) is 16.6 Å². The van der Waals surface area contributed by atoms with Crippen molar-refractivity contribution in [3.05, 3.63) is 142 Å². The highest BCUT2D eigenvalue weighted by atomic mass is 32.2. The van der Waals surface area contributed by atoms with E-state index in [9.17, 15) is 13.2 Å². The van der Waals surface area contributed by atoms with Gasteiger partial charge in [-0.05, 0) is 66.1 Å². The number of hydrogen-bond donors (Lipinski definition) is 0. The molecule has 0 fully saturated rings. The second-order valence-corrected chi connectivity index (χ2v) is 11.3. The van der Waals surface area contributed by atoms with Crippen molar-refractivity contribution in [3.8, 4) is 5.75 Å².